The predicted molar refractivity (Wildman–Crippen MR) is 60.5 cm³/mol. The van der Waals surface area contributed by atoms with E-state index in [1.165, 1.54) is 0 Å². The lowest BCUT2D eigenvalue weighted by Crippen LogP contribution is -2.42. The lowest BCUT2D eigenvalue weighted by atomic mass is 9.90. The highest BCUT2D eigenvalue weighted by atomic mass is 16.3. The van der Waals surface area contributed by atoms with Gasteiger partial charge in [-0.25, -0.2) is 0 Å². The summed E-state index contributed by atoms with van der Waals surface area (Å²) < 4.78 is 0. The van der Waals surface area contributed by atoms with E-state index in [0.29, 0.717) is 12.3 Å². The van der Waals surface area contributed by atoms with Crippen LogP contribution in [0.2, 0.25) is 0 Å². The quantitative estimate of drug-likeness (QED) is 0.757. The van der Waals surface area contributed by atoms with Crippen molar-refractivity contribution >= 4 is 5.91 Å². The van der Waals surface area contributed by atoms with Crippen molar-refractivity contribution in [2.45, 2.75) is 40.0 Å². The van der Waals surface area contributed by atoms with Gasteiger partial charge in [-0.05, 0) is 24.2 Å². The van der Waals surface area contributed by atoms with Crippen LogP contribution in [0.1, 0.15) is 40.0 Å². The minimum Gasteiger partial charge on any atom is -0.396 e. The Morgan fingerprint density at radius 3 is 2.67 bits per heavy atom. The van der Waals surface area contributed by atoms with Crippen LogP contribution in [-0.2, 0) is 4.79 Å². The van der Waals surface area contributed by atoms with Crippen molar-refractivity contribution in [3.63, 3.8) is 0 Å². The Morgan fingerprint density at radius 2 is 2.13 bits per heavy atom. The molecule has 1 amide bonds. The van der Waals surface area contributed by atoms with E-state index >= 15 is 0 Å². The molecule has 0 radical (unpaired) electrons. The zero-order valence-electron chi connectivity index (χ0n) is 10.1. The second kappa shape index (κ2) is 4.97. The fourth-order valence-electron chi connectivity index (χ4n) is 2.01. The Morgan fingerprint density at radius 1 is 1.47 bits per heavy atom. The van der Waals surface area contributed by atoms with Crippen molar-refractivity contribution in [1.29, 1.82) is 0 Å². The van der Waals surface area contributed by atoms with Crippen LogP contribution in [0.15, 0.2) is 0 Å². The Balaban J connectivity index is 2.45. The van der Waals surface area contributed by atoms with Crippen LogP contribution in [0.25, 0.3) is 0 Å². The maximum Gasteiger partial charge on any atom is 0.223 e. The zero-order valence-corrected chi connectivity index (χ0v) is 10.1. The average molecular weight is 213 g/mol. The molecule has 0 aromatic carbocycles. The number of hydrogen-bond acceptors (Lipinski definition) is 2. The molecule has 1 aliphatic heterocycles. The van der Waals surface area contributed by atoms with Crippen molar-refractivity contribution < 1.29 is 9.90 Å². The molecule has 3 nitrogen and oxygen atoms in total. The standard InChI is InChI=1S/C12H23NO2/c1-12(2,3)7-11(15)13-6-4-5-10(8-13)9-14/h10,14H,4-9H2,1-3H3/t10-/m1/s1. The van der Waals surface area contributed by atoms with Gasteiger partial charge < -0.3 is 10.0 Å². The van der Waals surface area contributed by atoms with E-state index in [0.717, 1.165) is 25.9 Å². The molecule has 0 bridgehead atoms. The zero-order chi connectivity index (χ0) is 11.5. The summed E-state index contributed by atoms with van der Waals surface area (Å²) in [5, 5.41) is 9.09. The third-order valence-electron chi connectivity index (χ3n) is 2.81. The summed E-state index contributed by atoms with van der Waals surface area (Å²) in [5.74, 6) is 0.531. The number of likely N-dealkylation sites (tertiary alicyclic amines) is 1. The Hall–Kier alpha value is -0.570. The molecule has 0 aromatic rings. The molecule has 15 heavy (non-hydrogen) atoms. The molecule has 0 aliphatic carbocycles. The van der Waals surface area contributed by atoms with E-state index in [2.05, 4.69) is 20.8 Å². The molecule has 1 heterocycles. The number of amides is 1. The first kappa shape index (κ1) is 12.5. The average Bonchev–Trinajstić information content (AvgIpc) is 2.15. The summed E-state index contributed by atoms with van der Waals surface area (Å²) in [7, 11) is 0. The van der Waals surface area contributed by atoms with Crippen LogP contribution in [0, 0.1) is 11.3 Å². The largest absolute Gasteiger partial charge is 0.396 e. The van der Waals surface area contributed by atoms with Crippen LogP contribution < -0.4 is 0 Å². The van der Waals surface area contributed by atoms with Gasteiger partial charge >= 0.3 is 0 Å². The molecular formula is C12H23NO2. The van der Waals surface area contributed by atoms with E-state index in [9.17, 15) is 4.79 Å². The molecule has 1 N–H and O–H groups in total. The van der Waals surface area contributed by atoms with Crippen molar-refractivity contribution in [1.82, 2.24) is 4.90 Å². The topological polar surface area (TPSA) is 40.5 Å². The summed E-state index contributed by atoms with van der Waals surface area (Å²) in [6, 6.07) is 0. The third-order valence-corrected chi connectivity index (χ3v) is 2.81. The minimum atomic E-state index is 0.0588. The molecule has 1 saturated heterocycles. The van der Waals surface area contributed by atoms with E-state index in [-0.39, 0.29) is 17.9 Å². The molecule has 1 aliphatic rings. The van der Waals surface area contributed by atoms with Crippen LogP contribution in [0.3, 0.4) is 0 Å². The monoisotopic (exact) mass is 213 g/mol. The molecule has 1 rings (SSSR count). The van der Waals surface area contributed by atoms with E-state index < -0.39 is 0 Å². The van der Waals surface area contributed by atoms with Gasteiger partial charge in [0.25, 0.3) is 0 Å². The molecule has 3 heteroatoms. The van der Waals surface area contributed by atoms with Gasteiger partial charge in [-0.3, -0.25) is 4.79 Å². The van der Waals surface area contributed by atoms with E-state index in [4.69, 9.17) is 5.11 Å². The van der Waals surface area contributed by atoms with Crippen LogP contribution in [0.4, 0.5) is 0 Å². The predicted octanol–water partition coefficient (Wildman–Crippen LogP) is 1.65. The maximum absolute atomic E-state index is 11.9. The molecule has 1 fully saturated rings. The fraction of sp³-hybridized carbons (Fsp3) is 0.917. The fourth-order valence-corrected chi connectivity index (χ4v) is 2.01. The maximum atomic E-state index is 11.9. The van der Waals surface area contributed by atoms with Gasteiger partial charge in [-0.2, -0.15) is 0 Å². The van der Waals surface area contributed by atoms with Gasteiger partial charge in [-0.15, -0.1) is 0 Å². The molecule has 1 atom stereocenters. The van der Waals surface area contributed by atoms with Gasteiger partial charge in [0, 0.05) is 26.1 Å². The van der Waals surface area contributed by atoms with E-state index in [1.54, 1.807) is 0 Å². The normalized spacial score (nSPS) is 22.9. The summed E-state index contributed by atoms with van der Waals surface area (Å²) in [5.41, 5.74) is 0.0588. The third kappa shape index (κ3) is 4.20. The van der Waals surface area contributed by atoms with Gasteiger partial charge in [0.2, 0.25) is 5.91 Å². The number of nitrogens with zero attached hydrogens (tertiary/aromatic N) is 1. The first-order chi connectivity index (χ1) is 6.92. The summed E-state index contributed by atoms with van der Waals surface area (Å²) in [4.78, 5) is 13.8. The minimum absolute atomic E-state index is 0.0588. The molecule has 88 valence electrons. The number of carbonyl (C=O) groups excluding carboxylic acids is 1. The number of piperidine rings is 1. The van der Waals surface area contributed by atoms with Crippen LogP contribution in [0.5, 0.6) is 0 Å². The molecule has 0 saturated carbocycles. The number of carbonyl (C=O) groups is 1. The lowest BCUT2D eigenvalue weighted by molar-refractivity contribution is -0.135. The highest BCUT2D eigenvalue weighted by Gasteiger charge is 2.25. The van der Waals surface area contributed by atoms with Crippen molar-refractivity contribution in [3.05, 3.63) is 0 Å². The van der Waals surface area contributed by atoms with Gasteiger partial charge in [-0.1, -0.05) is 20.8 Å². The van der Waals surface area contributed by atoms with Crippen LogP contribution >= 0.6 is 0 Å². The SMILES string of the molecule is CC(C)(C)CC(=O)N1CCC[C@@H](CO)C1. The van der Waals surface area contributed by atoms with Crippen molar-refractivity contribution in [2.24, 2.45) is 11.3 Å². The smallest absolute Gasteiger partial charge is 0.223 e. The molecule has 0 aromatic heterocycles. The second-order valence-corrected chi connectivity index (χ2v) is 5.77. The number of hydrogen-bond donors (Lipinski definition) is 1. The summed E-state index contributed by atoms with van der Waals surface area (Å²) in [6.07, 6.45) is 2.68. The highest BCUT2D eigenvalue weighted by molar-refractivity contribution is 5.76. The Kier molecular flexibility index (Phi) is 4.14. The summed E-state index contributed by atoms with van der Waals surface area (Å²) >= 11 is 0. The molecule has 0 unspecified atom stereocenters. The second-order valence-electron chi connectivity index (χ2n) is 5.77. The number of rotatable bonds is 2. The number of aliphatic hydroxyl groups is 1. The van der Waals surface area contributed by atoms with Crippen molar-refractivity contribution in [3.8, 4) is 0 Å². The highest BCUT2D eigenvalue weighted by Crippen LogP contribution is 2.23. The number of aliphatic hydroxyl groups excluding tert-OH is 1. The first-order valence-corrected chi connectivity index (χ1v) is 5.81. The van der Waals surface area contributed by atoms with Gasteiger partial charge in [0.1, 0.15) is 0 Å². The Bertz CT molecular complexity index is 220. The lowest BCUT2D eigenvalue weighted by Gasteiger charge is -2.33. The Labute approximate surface area is 92.5 Å². The van der Waals surface area contributed by atoms with Gasteiger partial charge in [0.15, 0.2) is 0 Å². The molecule has 0 spiro atoms. The van der Waals surface area contributed by atoms with E-state index in [1.807, 2.05) is 4.90 Å². The molecular weight excluding hydrogens is 190 g/mol. The van der Waals surface area contributed by atoms with Gasteiger partial charge in [0.05, 0.1) is 0 Å². The summed E-state index contributed by atoms with van der Waals surface area (Å²) in [6.45, 7) is 8.06. The van der Waals surface area contributed by atoms with Crippen molar-refractivity contribution in [2.75, 3.05) is 19.7 Å². The van der Waals surface area contributed by atoms with Crippen LogP contribution in [-0.4, -0.2) is 35.6 Å². The first-order valence-electron chi connectivity index (χ1n) is 5.81.